The molecule has 0 aliphatic carbocycles. The van der Waals surface area contributed by atoms with E-state index in [1.54, 1.807) is 11.9 Å². The zero-order valence-corrected chi connectivity index (χ0v) is 14.3. The fourth-order valence-electron chi connectivity index (χ4n) is 3.65. The Kier molecular flexibility index (Phi) is 3.81. The molecule has 2 aromatic rings. The van der Waals surface area contributed by atoms with E-state index in [1.165, 1.54) is 4.90 Å². The van der Waals surface area contributed by atoms with Gasteiger partial charge in [0.05, 0.1) is 18.1 Å². The van der Waals surface area contributed by atoms with Crippen molar-refractivity contribution in [3.05, 3.63) is 71.8 Å². The van der Waals surface area contributed by atoms with Gasteiger partial charge in [-0.25, -0.2) is 4.79 Å². The SMILES string of the molecule is C[C@H]1[C@@H](c2ccccc2)N(C(=O)[C@@H]2N[C@H]2c2ccccc2)C(=O)N1C. The summed E-state index contributed by atoms with van der Waals surface area (Å²) in [5.74, 6) is -0.149. The van der Waals surface area contributed by atoms with Crippen LogP contribution in [0, 0.1) is 0 Å². The van der Waals surface area contributed by atoms with Gasteiger partial charge in [-0.1, -0.05) is 60.7 Å². The monoisotopic (exact) mass is 335 g/mol. The van der Waals surface area contributed by atoms with Gasteiger partial charge in [-0.05, 0) is 18.1 Å². The molecule has 5 nitrogen and oxygen atoms in total. The first-order chi connectivity index (χ1) is 12.1. The molecule has 0 spiro atoms. The lowest BCUT2D eigenvalue weighted by molar-refractivity contribution is -0.129. The molecule has 128 valence electrons. The molecule has 2 heterocycles. The first-order valence-corrected chi connectivity index (χ1v) is 8.55. The molecule has 2 aliphatic heterocycles. The molecular weight excluding hydrogens is 314 g/mol. The first kappa shape index (κ1) is 15.8. The molecule has 0 unspecified atom stereocenters. The van der Waals surface area contributed by atoms with Gasteiger partial charge in [0, 0.05) is 7.05 Å². The molecule has 0 radical (unpaired) electrons. The van der Waals surface area contributed by atoms with Crippen LogP contribution in [0.3, 0.4) is 0 Å². The largest absolute Gasteiger partial charge is 0.327 e. The summed E-state index contributed by atoms with van der Waals surface area (Å²) in [4.78, 5) is 28.9. The maximum atomic E-state index is 13.1. The summed E-state index contributed by atoms with van der Waals surface area (Å²) < 4.78 is 0. The zero-order chi connectivity index (χ0) is 17.6. The fourth-order valence-corrected chi connectivity index (χ4v) is 3.65. The maximum Gasteiger partial charge on any atom is 0.327 e. The highest BCUT2D eigenvalue weighted by Crippen LogP contribution is 2.38. The minimum absolute atomic E-state index is 0.0147. The van der Waals surface area contributed by atoms with E-state index in [1.807, 2.05) is 67.6 Å². The maximum absolute atomic E-state index is 13.1. The van der Waals surface area contributed by atoms with Crippen molar-refractivity contribution in [3.8, 4) is 0 Å². The van der Waals surface area contributed by atoms with E-state index in [0.29, 0.717) is 0 Å². The number of carbonyl (C=O) groups is 2. The number of carbonyl (C=O) groups excluding carboxylic acids is 2. The van der Waals surface area contributed by atoms with E-state index < -0.39 is 0 Å². The smallest absolute Gasteiger partial charge is 0.322 e. The van der Waals surface area contributed by atoms with Crippen LogP contribution in [0.15, 0.2) is 60.7 Å². The van der Waals surface area contributed by atoms with Gasteiger partial charge in [-0.15, -0.1) is 0 Å². The fraction of sp³-hybridized carbons (Fsp3) is 0.300. The van der Waals surface area contributed by atoms with Crippen molar-refractivity contribution < 1.29 is 9.59 Å². The minimum Gasteiger partial charge on any atom is -0.322 e. The van der Waals surface area contributed by atoms with Crippen molar-refractivity contribution >= 4 is 11.9 Å². The van der Waals surface area contributed by atoms with Crippen LogP contribution in [-0.2, 0) is 4.79 Å². The van der Waals surface area contributed by atoms with Gasteiger partial charge in [0.2, 0.25) is 5.91 Å². The number of nitrogens with one attached hydrogen (secondary N) is 1. The topological polar surface area (TPSA) is 62.6 Å². The molecule has 25 heavy (non-hydrogen) atoms. The lowest BCUT2D eigenvalue weighted by Gasteiger charge is -2.24. The number of hydrogen-bond acceptors (Lipinski definition) is 3. The summed E-state index contributed by atoms with van der Waals surface area (Å²) in [5, 5.41) is 3.22. The number of rotatable bonds is 3. The van der Waals surface area contributed by atoms with E-state index >= 15 is 0 Å². The Morgan fingerprint density at radius 2 is 1.52 bits per heavy atom. The third-order valence-electron chi connectivity index (χ3n) is 5.24. The van der Waals surface area contributed by atoms with Gasteiger partial charge >= 0.3 is 6.03 Å². The van der Waals surface area contributed by atoms with Crippen LogP contribution in [0.1, 0.15) is 30.1 Å². The highest BCUT2D eigenvalue weighted by molar-refractivity contribution is 6.01. The number of benzene rings is 2. The van der Waals surface area contributed by atoms with E-state index in [0.717, 1.165) is 11.1 Å². The number of nitrogens with zero attached hydrogens (tertiary/aromatic N) is 2. The van der Waals surface area contributed by atoms with Gasteiger partial charge in [0.15, 0.2) is 0 Å². The molecular formula is C20H21N3O2. The molecule has 4 rings (SSSR count). The lowest BCUT2D eigenvalue weighted by Crippen LogP contribution is -2.39. The minimum atomic E-state index is -0.337. The Morgan fingerprint density at radius 3 is 2.12 bits per heavy atom. The Hall–Kier alpha value is -2.66. The van der Waals surface area contributed by atoms with Crippen LogP contribution < -0.4 is 5.32 Å². The standard InChI is InChI=1S/C20H21N3O2/c1-13-18(15-11-7-4-8-12-15)23(20(25)22(13)2)19(24)17-16(21-17)14-9-5-3-6-10-14/h3-13,16-18,21H,1-2H3/t13-,16-,17+,18-/m0/s1. The predicted octanol–water partition coefficient (Wildman–Crippen LogP) is 2.72. The predicted molar refractivity (Wildman–Crippen MR) is 94.8 cm³/mol. The van der Waals surface area contributed by atoms with Crippen molar-refractivity contribution in [2.45, 2.75) is 31.1 Å². The number of amides is 3. The van der Waals surface area contributed by atoms with Crippen molar-refractivity contribution in [2.75, 3.05) is 7.05 Å². The molecule has 3 amide bonds. The number of hydrogen-bond donors (Lipinski definition) is 1. The number of likely N-dealkylation sites (N-methyl/N-ethyl adjacent to an activating group) is 1. The van der Waals surface area contributed by atoms with Crippen LogP contribution in [0.5, 0.6) is 0 Å². The average Bonchev–Trinajstić information content (AvgIpc) is 3.42. The highest BCUT2D eigenvalue weighted by atomic mass is 16.2. The molecule has 2 aromatic carbocycles. The van der Waals surface area contributed by atoms with Crippen LogP contribution in [-0.4, -0.2) is 40.9 Å². The second-order valence-electron chi connectivity index (χ2n) is 6.73. The normalized spacial score (nSPS) is 28.3. The van der Waals surface area contributed by atoms with Gasteiger partial charge in [0.25, 0.3) is 0 Å². The summed E-state index contributed by atoms with van der Waals surface area (Å²) in [6, 6.07) is 18.7. The van der Waals surface area contributed by atoms with E-state index in [9.17, 15) is 9.59 Å². The van der Waals surface area contributed by atoms with E-state index in [-0.39, 0.29) is 36.1 Å². The van der Waals surface area contributed by atoms with Crippen LogP contribution in [0.4, 0.5) is 4.79 Å². The van der Waals surface area contributed by atoms with Crippen LogP contribution in [0.2, 0.25) is 0 Å². The summed E-state index contributed by atoms with van der Waals surface area (Å²) >= 11 is 0. The Balaban J connectivity index is 1.61. The highest BCUT2D eigenvalue weighted by Gasteiger charge is 2.53. The molecule has 0 saturated carbocycles. The molecule has 4 atom stereocenters. The summed E-state index contributed by atoms with van der Waals surface area (Å²) in [7, 11) is 1.76. The molecule has 2 aliphatic rings. The Bertz CT molecular complexity index is 793. The molecule has 5 heteroatoms. The van der Waals surface area contributed by atoms with Gasteiger partial charge in [0.1, 0.15) is 6.04 Å². The summed E-state index contributed by atoms with van der Waals surface area (Å²) in [6.07, 6.45) is 0. The summed E-state index contributed by atoms with van der Waals surface area (Å²) in [5.41, 5.74) is 2.06. The van der Waals surface area contributed by atoms with Gasteiger partial charge in [-0.2, -0.15) is 0 Å². The quantitative estimate of drug-likeness (QED) is 0.877. The van der Waals surface area contributed by atoms with Crippen molar-refractivity contribution in [1.82, 2.24) is 15.1 Å². The Morgan fingerprint density at radius 1 is 0.960 bits per heavy atom. The van der Waals surface area contributed by atoms with Gasteiger partial charge < -0.3 is 4.90 Å². The van der Waals surface area contributed by atoms with Crippen molar-refractivity contribution in [3.63, 3.8) is 0 Å². The lowest BCUT2D eigenvalue weighted by atomic mass is 10.00. The molecule has 0 aromatic heterocycles. The molecule has 1 N–H and O–H groups in total. The van der Waals surface area contributed by atoms with Crippen LogP contribution in [0.25, 0.3) is 0 Å². The van der Waals surface area contributed by atoms with E-state index in [4.69, 9.17) is 0 Å². The Labute approximate surface area is 147 Å². The van der Waals surface area contributed by atoms with Crippen LogP contribution >= 0.6 is 0 Å². The zero-order valence-electron chi connectivity index (χ0n) is 14.3. The summed E-state index contributed by atoms with van der Waals surface area (Å²) in [6.45, 7) is 1.98. The molecule has 2 fully saturated rings. The second kappa shape index (κ2) is 6.01. The third kappa shape index (κ3) is 2.61. The van der Waals surface area contributed by atoms with Crippen molar-refractivity contribution in [1.29, 1.82) is 0 Å². The third-order valence-corrected chi connectivity index (χ3v) is 5.24. The number of urea groups is 1. The molecule has 0 bridgehead atoms. The second-order valence-corrected chi connectivity index (χ2v) is 6.73. The molecule has 2 saturated heterocycles. The van der Waals surface area contributed by atoms with Crippen molar-refractivity contribution in [2.24, 2.45) is 0 Å². The number of imide groups is 1. The first-order valence-electron chi connectivity index (χ1n) is 8.55. The average molecular weight is 335 g/mol. The van der Waals surface area contributed by atoms with E-state index in [2.05, 4.69) is 5.32 Å². The van der Waals surface area contributed by atoms with Gasteiger partial charge in [-0.3, -0.25) is 15.0 Å².